The van der Waals surface area contributed by atoms with Gasteiger partial charge in [0, 0.05) is 6.54 Å². The van der Waals surface area contributed by atoms with Crippen LogP contribution in [0.1, 0.15) is 32.6 Å². The van der Waals surface area contributed by atoms with Gasteiger partial charge < -0.3 is 4.90 Å². The van der Waals surface area contributed by atoms with Crippen molar-refractivity contribution < 1.29 is 0 Å². The van der Waals surface area contributed by atoms with E-state index in [-0.39, 0.29) is 0 Å². The summed E-state index contributed by atoms with van der Waals surface area (Å²) in [5, 5.41) is 2.38. The first-order chi connectivity index (χ1) is 6.31. The first kappa shape index (κ1) is 12.8. The minimum absolute atomic E-state index is 0.785. The van der Waals surface area contributed by atoms with Gasteiger partial charge in [0.15, 0.2) is 0 Å². The maximum Gasteiger partial charge on any atom is 0.0620 e. The maximum atomic E-state index is 4.49. The molecular formula is C10H20N2S. The van der Waals surface area contributed by atoms with Crippen LogP contribution in [-0.2, 0) is 0 Å². The van der Waals surface area contributed by atoms with Crippen molar-refractivity contribution in [2.24, 2.45) is 4.99 Å². The summed E-state index contributed by atoms with van der Waals surface area (Å²) in [6.45, 7) is 5.19. The number of thiocarbonyl (C=S) groups is 1. The monoisotopic (exact) mass is 200 g/mol. The van der Waals surface area contributed by atoms with E-state index in [1.807, 2.05) is 0 Å². The molecule has 2 nitrogen and oxygen atoms in total. The van der Waals surface area contributed by atoms with E-state index in [0.717, 1.165) is 13.1 Å². The lowest BCUT2D eigenvalue weighted by molar-refractivity contribution is 0.333. The fourth-order valence-corrected chi connectivity index (χ4v) is 1.28. The van der Waals surface area contributed by atoms with Crippen LogP contribution in [-0.4, -0.2) is 36.7 Å². The zero-order valence-corrected chi connectivity index (χ0v) is 9.57. The Morgan fingerprint density at radius 1 is 1.23 bits per heavy atom. The van der Waals surface area contributed by atoms with E-state index in [1.54, 1.807) is 0 Å². The predicted molar refractivity (Wildman–Crippen MR) is 61.5 cm³/mol. The van der Waals surface area contributed by atoms with E-state index >= 15 is 0 Å². The highest BCUT2D eigenvalue weighted by molar-refractivity contribution is 7.78. The van der Waals surface area contributed by atoms with Crippen LogP contribution in [0.3, 0.4) is 0 Å². The molecule has 0 bridgehead atoms. The van der Waals surface area contributed by atoms with Crippen LogP contribution in [0.5, 0.6) is 0 Å². The van der Waals surface area contributed by atoms with Crippen LogP contribution in [0.25, 0.3) is 0 Å². The maximum absolute atomic E-state index is 4.49. The van der Waals surface area contributed by atoms with Crippen molar-refractivity contribution in [3.05, 3.63) is 0 Å². The number of isothiocyanates is 1. The van der Waals surface area contributed by atoms with Crippen LogP contribution in [0, 0.1) is 0 Å². The van der Waals surface area contributed by atoms with Crippen molar-refractivity contribution in [1.82, 2.24) is 4.90 Å². The van der Waals surface area contributed by atoms with E-state index in [4.69, 9.17) is 0 Å². The molecule has 13 heavy (non-hydrogen) atoms. The summed E-state index contributed by atoms with van der Waals surface area (Å²) in [7, 11) is 2.13. The number of nitrogens with zero attached hydrogens (tertiary/aromatic N) is 2. The van der Waals surface area contributed by atoms with E-state index < -0.39 is 0 Å². The Morgan fingerprint density at radius 3 is 2.62 bits per heavy atom. The fourth-order valence-electron chi connectivity index (χ4n) is 1.19. The van der Waals surface area contributed by atoms with Gasteiger partial charge in [-0.3, -0.25) is 0 Å². The Morgan fingerprint density at radius 2 is 2.00 bits per heavy atom. The topological polar surface area (TPSA) is 15.6 Å². The van der Waals surface area contributed by atoms with Gasteiger partial charge in [0.1, 0.15) is 0 Å². The van der Waals surface area contributed by atoms with Gasteiger partial charge >= 0.3 is 0 Å². The molecule has 0 amide bonds. The molecule has 0 aliphatic carbocycles. The van der Waals surface area contributed by atoms with Gasteiger partial charge in [0.25, 0.3) is 0 Å². The smallest absolute Gasteiger partial charge is 0.0620 e. The zero-order valence-electron chi connectivity index (χ0n) is 8.75. The van der Waals surface area contributed by atoms with Gasteiger partial charge in [-0.2, -0.15) is 0 Å². The van der Waals surface area contributed by atoms with Crippen LogP contribution in [0.15, 0.2) is 4.99 Å². The zero-order chi connectivity index (χ0) is 9.94. The molecule has 0 saturated carbocycles. The van der Waals surface area contributed by atoms with Gasteiger partial charge in [0.05, 0.1) is 11.7 Å². The van der Waals surface area contributed by atoms with Crippen molar-refractivity contribution in [3.8, 4) is 0 Å². The molecule has 0 aliphatic rings. The highest BCUT2D eigenvalue weighted by atomic mass is 32.1. The third kappa shape index (κ3) is 9.68. The van der Waals surface area contributed by atoms with Crippen LogP contribution in [0.2, 0.25) is 0 Å². The molecule has 0 aromatic heterocycles. The minimum Gasteiger partial charge on any atom is -0.305 e. The minimum atomic E-state index is 0.785. The molecule has 0 rings (SSSR count). The summed E-state index contributed by atoms with van der Waals surface area (Å²) >= 11 is 4.49. The Kier molecular flexibility index (Phi) is 9.66. The normalized spacial score (nSPS) is 10.1. The fraction of sp³-hybridized carbons (Fsp3) is 0.900. The standard InChI is InChI=1S/C10H20N2S/c1-3-4-5-6-8-12(2)9-7-11-10-13/h3-9H2,1-2H3. The number of rotatable bonds is 8. The number of hydrogen-bond acceptors (Lipinski definition) is 3. The van der Waals surface area contributed by atoms with E-state index in [9.17, 15) is 0 Å². The first-order valence-corrected chi connectivity index (χ1v) is 5.44. The largest absolute Gasteiger partial charge is 0.305 e. The summed E-state index contributed by atoms with van der Waals surface area (Å²) in [5.41, 5.74) is 0. The molecule has 0 aromatic rings. The molecule has 0 unspecified atom stereocenters. The molecule has 0 radical (unpaired) electrons. The molecule has 0 fully saturated rings. The van der Waals surface area contributed by atoms with E-state index in [0.29, 0.717) is 0 Å². The highest BCUT2D eigenvalue weighted by Crippen LogP contribution is 1.99. The van der Waals surface area contributed by atoms with Gasteiger partial charge in [-0.05, 0) is 32.2 Å². The van der Waals surface area contributed by atoms with Gasteiger partial charge in [-0.1, -0.05) is 26.2 Å². The second kappa shape index (κ2) is 9.85. The number of unbranched alkanes of at least 4 members (excludes halogenated alkanes) is 3. The van der Waals surface area contributed by atoms with Crippen molar-refractivity contribution in [1.29, 1.82) is 0 Å². The van der Waals surface area contributed by atoms with Gasteiger partial charge in [-0.15, -0.1) is 0 Å². The molecule has 0 aromatic carbocycles. The molecule has 0 heterocycles. The van der Waals surface area contributed by atoms with Crippen molar-refractivity contribution in [2.45, 2.75) is 32.6 Å². The Bertz CT molecular complexity index is 153. The molecule has 0 N–H and O–H groups in total. The Hall–Kier alpha value is -0.240. The van der Waals surface area contributed by atoms with Gasteiger partial charge in [-0.25, -0.2) is 4.99 Å². The van der Waals surface area contributed by atoms with Crippen LogP contribution >= 0.6 is 12.2 Å². The highest BCUT2D eigenvalue weighted by Gasteiger charge is 1.95. The molecule has 0 saturated heterocycles. The summed E-state index contributed by atoms with van der Waals surface area (Å²) in [5.74, 6) is 0. The second-order valence-corrected chi connectivity index (χ2v) is 3.52. The molecule has 0 atom stereocenters. The lowest BCUT2D eigenvalue weighted by Crippen LogP contribution is -2.22. The number of likely N-dealkylation sites (N-methyl/N-ethyl adjacent to an activating group) is 1. The molecule has 3 heteroatoms. The average Bonchev–Trinajstić information content (AvgIpc) is 2.13. The summed E-state index contributed by atoms with van der Waals surface area (Å²) in [6.07, 6.45) is 5.30. The van der Waals surface area contributed by atoms with Crippen molar-refractivity contribution in [3.63, 3.8) is 0 Å². The van der Waals surface area contributed by atoms with Gasteiger partial charge in [0.2, 0.25) is 0 Å². The molecule has 0 aliphatic heterocycles. The molecule has 0 spiro atoms. The SMILES string of the molecule is CCCCCCN(C)CCN=C=S. The lowest BCUT2D eigenvalue weighted by atomic mass is 10.2. The quantitative estimate of drug-likeness (QED) is 0.340. The van der Waals surface area contributed by atoms with Crippen LogP contribution in [0.4, 0.5) is 0 Å². The summed E-state index contributed by atoms with van der Waals surface area (Å²) < 4.78 is 0. The summed E-state index contributed by atoms with van der Waals surface area (Å²) in [4.78, 5) is 6.18. The second-order valence-electron chi connectivity index (χ2n) is 3.34. The Labute approximate surface area is 87.0 Å². The van der Waals surface area contributed by atoms with E-state index in [2.05, 4.69) is 41.2 Å². The average molecular weight is 200 g/mol. The Balaban J connectivity index is 3.19. The van der Waals surface area contributed by atoms with Crippen molar-refractivity contribution in [2.75, 3.05) is 26.7 Å². The third-order valence-electron chi connectivity index (χ3n) is 2.05. The van der Waals surface area contributed by atoms with Crippen LogP contribution < -0.4 is 0 Å². The molecular weight excluding hydrogens is 180 g/mol. The van der Waals surface area contributed by atoms with E-state index in [1.165, 1.54) is 32.2 Å². The third-order valence-corrected chi connectivity index (χ3v) is 2.18. The molecule has 76 valence electrons. The first-order valence-electron chi connectivity index (χ1n) is 5.03. The number of aliphatic imine (C=N–C) groups is 1. The lowest BCUT2D eigenvalue weighted by Gasteiger charge is -2.14. The predicted octanol–water partition coefficient (Wildman–Crippen LogP) is 2.60. The summed E-state index contributed by atoms with van der Waals surface area (Å²) in [6, 6.07) is 0. The van der Waals surface area contributed by atoms with Crippen molar-refractivity contribution >= 4 is 17.4 Å². The number of hydrogen-bond donors (Lipinski definition) is 0.